The van der Waals surface area contributed by atoms with E-state index < -0.39 is 23.5 Å². The molecule has 21 heavy (non-hydrogen) atoms. The molecular weight excluding hydrogens is 297 g/mol. The van der Waals surface area contributed by atoms with Crippen molar-refractivity contribution < 1.29 is 13.2 Å². The van der Waals surface area contributed by atoms with E-state index in [0.717, 1.165) is 29.5 Å². The van der Waals surface area contributed by atoms with E-state index in [-0.39, 0.29) is 11.6 Å². The van der Waals surface area contributed by atoms with Crippen LogP contribution in [0.1, 0.15) is 40.0 Å². The average molecular weight is 312 g/mol. The smallest absolute Gasteiger partial charge is 0.161 e. The number of hydrogen-bond acceptors (Lipinski definition) is 3. The second-order valence-electron chi connectivity index (χ2n) is 5.36. The number of aromatic nitrogens is 1. The molecule has 3 rings (SSSR count). The second-order valence-corrected chi connectivity index (χ2v) is 6.59. The molecular formula is C15H15F3N2S. The highest BCUT2D eigenvalue weighted by atomic mass is 32.1. The minimum Gasteiger partial charge on any atom is -0.301 e. The molecule has 1 fully saturated rings. The molecule has 2 nitrogen and oxygen atoms in total. The zero-order valence-electron chi connectivity index (χ0n) is 11.7. The number of thiazole rings is 1. The number of rotatable bonds is 4. The van der Waals surface area contributed by atoms with Crippen LogP contribution in [0.15, 0.2) is 12.1 Å². The maximum absolute atomic E-state index is 14.1. The summed E-state index contributed by atoms with van der Waals surface area (Å²) in [5, 5.41) is 3.95. The van der Waals surface area contributed by atoms with Gasteiger partial charge in [-0.25, -0.2) is 18.2 Å². The lowest BCUT2D eigenvalue weighted by atomic mass is 10.1. The molecule has 0 bridgehead atoms. The van der Waals surface area contributed by atoms with Crippen LogP contribution >= 0.6 is 11.3 Å². The standard InChI is InChI=1S/C15H15F3N2S/c1-7-8(2)21-15(19-7)14(20-9-3-4-9)10-5-12(17)13(18)6-11(10)16/h5-6,9,14,20H,3-4H2,1-2H3. The van der Waals surface area contributed by atoms with Crippen molar-refractivity contribution in [2.75, 3.05) is 0 Å². The molecule has 0 amide bonds. The van der Waals surface area contributed by atoms with Gasteiger partial charge in [-0.05, 0) is 32.8 Å². The summed E-state index contributed by atoms with van der Waals surface area (Å²) in [7, 11) is 0. The Kier molecular flexibility index (Phi) is 3.75. The van der Waals surface area contributed by atoms with Gasteiger partial charge in [0.2, 0.25) is 0 Å². The van der Waals surface area contributed by atoms with Gasteiger partial charge in [0.15, 0.2) is 11.6 Å². The fourth-order valence-electron chi connectivity index (χ4n) is 2.16. The molecule has 1 aromatic heterocycles. The summed E-state index contributed by atoms with van der Waals surface area (Å²) in [6, 6.07) is 1.27. The first-order valence-corrected chi connectivity index (χ1v) is 7.61. The third-order valence-corrected chi connectivity index (χ3v) is 4.76. The summed E-state index contributed by atoms with van der Waals surface area (Å²) >= 11 is 1.45. The number of nitrogens with one attached hydrogen (secondary N) is 1. The topological polar surface area (TPSA) is 24.9 Å². The highest BCUT2D eigenvalue weighted by Gasteiger charge is 2.30. The van der Waals surface area contributed by atoms with Gasteiger partial charge < -0.3 is 5.32 Å². The Bertz CT molecular complexity index is 660. The quantitative estimate of drug-likeness (QED) is 0.863. The van der Waals surface area contributed by atoms with Crippen molar-refractivity contribution in [3.8, 4) is 0 Å². The molecule has 1 aliphatic carbocycles. The number of halogens is 3. The minimum atomic E-state index is -1.17. The summed E-state index contributed by atoms with van der Waals surface area (Å²) < 4.78 is 40.7. The van der Waals surface area contributed by atoms with Crippen LogP contribution in [0.4, 0.5) is 13.2 Å². The summed E-state index contributed by atoms with van der Waals surface area (Å²) in [5.74, 6) is -2.97. The third kappa shape index (κ3) is 2.96. The van der Waals surface area contributed by atoms with Gasteiger partial charge in [-0.15, -0.1) is 11.3 Å². The van der Waals surface area contributed by atoms with E-state index in [9.17, 15) is 13.2 Å². The Morgan fingerprint density at radius 2 is 1.81 bits per heavy atom. The van der Waals surface area contributed by atoms with E-state index in [1.54, 1.807) is 0 Å². The first-order valence-electron chi connectivity index (χ1n) is 6.80. The molecule has 2 aromatic rings. The van der Waals surface area contributed by atoms with Gasteiger partial charge >= 0.3 is 0 Å². The van der Waals surface area contributed by atoms with Gasteiger partial charge in [0.1, 0.15) is 10.8 Å². The van der Waals surface area contributed by atoms with Crippen molar-refractivity contribution in [1.82, 2.24) is 10.3 Å². The van der Waals surface area contributed by atoms with Crippen LogP contribution in [0, 0.1) is 31.3 Å². The Morgan fingerprint density at radius 1 is 1.14 bits per heavy atom. The third-order valence-electron chi connectivity index (χ3n) is 3.62. The van der Waals surface area contributed by atoms with Crippen molar-refractivity contribution in [2.24, 2.45) is 0 Å². The van der Waals surface area contributed by atoms with E-state index in [4.69, 9.17) is 0 Å². The highest BCUT2D eigenvalue weighted by molar-refractivity contribution is 7.11. The Labute approximate surface area is 125 Å². The number of nitrogens with zero attached hydrogens (tertiary/aromatic N) is 1. The van der Waals surface area contributed by atoms with Crippen LogP contribution in [0.3, 0.4) is 0 Å². The number of hydrogen-bond donors (Lipinski definition) is 1. The van der Waals surface area contributed by atoms with Gasteiger partial charge in [-0.2, -0.15) is 0 Å². The minimum absolute atomic E-state index is 0.106. The molecule has 1 atom stereocenters. The Morgan fingerprint density at radius 3 is 2.38 bits per heavy atom. The lowest BCUT2D eigenvalue weighted by molar-refractivity contribution is 0.478. The van der Waals surface area contributed by atoms with Gasteiger partial charge in [-0.3, -0.25) is 0 Å². The SMILES string of the molecule is Cc1nc(C(NC2CC2)c2cc(F)c(F)cc2F)sc1C. The summed E-state index contributed by atoms with van der Waals surface area (Å²) in [4.78, 5) is 5.47. The highest BCUT2D eigenvalue weighted by Crippen LogP contribution is 2.33. The predicted octanol–water partition coefficient (Wildman–Crippen LogP) is 4.02. The van der Waals surface area contributed by atoms with Crippen LogP contribution in [0.2, 0.25) is 0 Å². The zero-order chi connectivity index (χ0) is 15.1. The Hall–Kier alpha value is -1.40. The lowest BCUT2D eigenvalue weighted by Crippen LogP contribution is -2.25. The first-order chi connectivity index (χ1) is 9.95. The van der Waals surface area contributed by atoms with Crippen molar-refractivity contribution in [2.45, 2.75) is 38.8 Å². The lowest BCUT2D eigenvalue weighted by Gasteiger charge is -2.17. The Balaban J connectivity index is 2.04. The molecule has 1 aliphatic rings. The van der Waals surface area contributed by atoms with E-state index in [2.05, 4.69) is 10.3 Å². The maximum Gasteiger partial charge on any atom is 0.161 e. The molecule has 1 heterocycles. The van der Waals surface area contributed by atoms with Crippen LogP contribution < -0.4 is 5.32 Å². The van der Waals surface area contributed by atoms with Crippen LogP contribution in [0.25, 0.3) is 0 Å². The molecule has 0 aliphatic heterocycles. The molecule has 0 saturated heterocycles. The largest absolute Gasteiger partial charge is 0.301 e. The second kappa shape index (κ2) is 5.42. The zero-order valence-corrected chi connectivity index (χ0v) is 12.5. The van der Waals surface area contributed by atoms with Gasteiger partial charge in [0, 0.05) is 22.5 Å². The molecule has 1 aromatic carbocycles. The summed E-state index contributed by atoms with van der Waals surface area (Å²) in [5.41, 5.74) is 0.982. The molecule has 6 heteroatoms. The van der Waals surface area contributed by atoms with Crippen LogP contribution in [0.5, 0.6) is 0 Å². The molecule has 112 valence electrons. The van der Waals surface area contributed by atoms with Crippen LogP contribution in [-0.2, 0) is 0 Å². The molecule has 1 unspecified atom stereocenters. The van der Waals surface area contributed by atoms with E-state index in [0.29, 0.717) is 11.1 Å². The van der Waals surface area contributed by atoms with Gasteiger partial charge in [0.05, 0.1) is 11.7 Å². The number of aryl methyl sites for hydroxylation is 2. The summed E-state index contributed by atoms with van der Waals surface area (Å²) in [6.07, 6.45) is 2.01. The van der Waals surface area contributed by atoms with E-state index >= 15 is 0 Å². The van der Waals surface area contributed by atoms with Gasteiger partial charge in [0.25, 0.3) is 0 Å². The summed E-state index contributed by atoms with van der Waals surface area (Å²) in [6.45, 7) is 3.82. The van der Waals surface area contributed by atoms with Crippen molar-refractivity contribution in [3.05, 3.63) is 50.7 Å². The van der Waals surface area contributed by atoms with Gasteiger partial charge in [-0.1, -0.05) is 0 Å². The predicted molar refractivity (Wildman–Crippen MR) is 75.9 cm³/mol. The van der Waals surface area contributed by atoms with E-state index in [1.165, 1.54) is 11.3 Å². The van der Waals surface area contributed by atoms with Crippen molar-refractivity contribution >= 4 is 11.3 Å². The van der Waals surface area contributed by atoms with Crippen molar-refractivity contribution in [1.29, 1.82) is 0 Å². The molecule has 0 radical (unpaired) electrons. The average Bonchev–Trinajstić information content (AvgIpc) is 3.18. The van der Waals surface area contributed by atoms with E-state index in [1.807, 2.05) is 13.8 Å². The fraction of sp³-hybridized carbons (Fsp3) is 0.400. The van der Waals surface area contributed by atoms with Crippen LogP contribution in [-0.4, -0.2) is 11.0 Å². The number of benzene rings is 1. The molecule has 1 N–H and O–H groups in total. The fourth-order valence-corrected chi connectivity index (χ4v) is 3.16. The monoisotopic (exact) mass is 312 g/mol. The maximum atomic E-state index is 14.1. The molecule has 0 spiro atoms. The first kappa shape index (κ1) is 14.5. The van der Waals surface area contributed by atoms with Crippen molar-refractivity contribution in [3.63, 3.8) is 0 Å². The molecule has 1 saturated carbocycles. The normalized spacial score (nSPS) is 16.2.